The van der Waals surface area contributed by atoms with E-state index in [4.69, 9.17) is 21.1 Å². The molecule has 3 aliphatic heterocycles. The number of allylic oxidation sites excluding steroid dienone is 1. The van der Waals surface area contributed by atoms with Crippen molar-refractivity contribution in [3.63, 3.8) is 0 Å². The molecule has 0 atom stereocenters. The highest BCUT2D eigenvalue weighted by atomic mass is 35.5. The van der Waals surface area contributed by atoms with Crippen LogP contribution in [0.5, 0.6) is 5.75 Å². The van der Waals surface area contributed by atoms with Crippen LogP contribution in [-0.2, 0) is 14.8 Å². The van der Waals surface area contributed by atoms with E-state index < -0.39 is 31.4 Å². The highest BCUT2D eigenvalue weighted by Gasteiger charge is 2.69. The number of anilines is 3. The fraction of sp³-hybridized carbons (Fsp3) is 0.523. The van der Waals surface area contributed by atoms with E-state index in [0.717, 1.165) is 101 Å². The molecule has 2 aromatic carbocycles. The number of alkyl halides is 1. The van der Waals surface area contributed by atoms with E-state index in [-0.39, 0.29) is 27.8 Å². The molecule has 0 spiro atoms. The van der Waals surface area contributed by atoms with Gasteiger partial charge in [-0.2, -0.15) is 0 Å². The van der Waals surface area contributed by atoms with Crippen molar-refractivity contribution >= 4 is 56.5 Å². The van der Waals surface area contributed by atoms with Gasteiger partial charge in [-0.05, 0) is 105 Å². The van der Waals surface area contributed by atoms with Gasteiger partial charge in [0.1, 0.15) is 23.0 Å². The number of hydrogen-bond donors (Lipinski definition) is 4. The first-order chi connectivity index (χ1) is 28.7. The lowest BCUT2D eigenvalue weighted by Gasteiger charge is -2.70. The van der Waals surface area contributed by atoms with Crippen LogP contribution in [0.2, 0.25) is 0 Å². The van der Waals surface area contributed by atoms with Crippen molar-refractivity contribution in [3.8, 4) is 5.75 Å². The molecular weight excluding hydrogens is 806 g/mol. The normalized spacial score (nSPS) is 25.2. The Hall–Kier alpha value is -4.57. The van der Waals surface area contributed by atoms with Gasteiger partial charge in [0.25, 0.3) is 21.6 Å². The van der Waals surface area contributed by atoms with Crippen molar-refractivity contribution in [2.75, 3.05) is 74.6 Å². The Morgan fingerprint density at radius 3 is 2.57 bits per heavy atom. The number of sulfonamides is 1. The molecule has 2 bridgehead atoms. The number of carbonyl (C=O) groups is 1. The molecule has 10 rings (SSSR count). The Labute approximate surface area is 356 Å². The quantitative estimate of drug-likeness (QED) is 0.0580. The van der Waals surface area contributed by atoms with Crippen LogP contribution in [0.1, 0.15) is 81.1 Å². The van der Waals surface area contributed by atoms with Gasteiger partial charge < -0.3 is 30.0 Å². The van der Waals surface area contributed by atoms with E-state index in [2.05, 4.69) is 44.0 Å². The van der Waals surface area contributed by atoms with Gasteiger partial charge in [-0.1, -0.05) is 25.0 Å². The van der Waals surface area contributed by atoms with Gasteiger partial charge in [0.05, 0.1) is 21.9 Å². The Balaban J connectivity index is 0.917. The van der Waals surface area contributed by atoms with Crippen LogP contribution >= 0.6 is 11.6 Å². The van der Waals surface area contributed by atoms with Gasteiger partial charge in [0.2, 0.25) is 0 Å². The minimum absolute atomic E-state index is 0.0120. The maximum Gasteiger partial charge on any atom is 0.293 e. The summed E-state index contributed by atoms with van der Waals surface area (Å²) in [4.78, 5) is 33.0. The van der Waals surface area contributed by atoms with Crippen LogP contribution in [-0.4, -0.2) is 93.0 Å². The standard InChI is InChI=1S/C44H54ClN7O7S/c1-42(2)11-7-31(36(22-42)43-26-44(45,27-43)28-43)25-50-13-15-51(16-14-50)32-3-5-35(39(20-32)59-33-19-30-8-12-46-40(30)48-24-33)41(53)49-60(56,57)34-4-6-37(38(21-34)52(54)55)47-23-29-9-17-58-18-10-29/h3-6,8,12,19-21,29,46-48H,7,9-11,13-18,22-28H2,1-2H3,(H,49,53). The smallest absolute Gasteiger partial charge is 0.293 e. The zero-order chi connectivity index (χ0) is 41.9. The molecule has 320 valence electrons. The van der Waals surface area contributed by atoms with Crippen molar-refractivity contribution in [2.24, 2.45) is 16.7 Å². The number of carbonyl (C=O) groups excluding carboxylic acids is 1. The number of rotatable bonds is 13. The summed E-state index contributed by atoms with van der Waals surface area (Å²) >= 11 is 6.74. The predicted octanol–water partition coefficient (Wildman–Crippen LogP) is 7.52. The van der Waals surface area contributed by atoms with Gasteiger partial charge in [-0.3, -0.25) is 19.8 Å². The molecule has 0 unspecified atom stereocenters. The van der Waals surface area contributed by atoms with Gasteiger partial charge in [0, 0.05) is 86.9 Å². The molecule has 4 N–H and O–H groups in total. The van der Waals surface area contributed by atoms with Crippen LogP contribution in [0.15, 0.2) is 70.5 Å². The van der Waals surface area contributed by atoms with Crippen LogP contribution < -0.4 is 25.0 Å². The molecule has 2 saturated heterocycles. The number of benzene rings is 2. The van der Waals surface area contributed by atoms with Crippen molar-refractivity contribution in [3.05, 3.63) is 86.8 Å². The molecule has 3 saturated carbocycles. The Morgan fingerprint density at radius 2 is 1.83 bits per heavy atom. The number of aromatic nitrogens is 1. The maximum absolute atomic E-state index is 13.9. The molecule has 5 fully saturated rings. The first-order valence-electron chi connectivity index (χ1n) is 21.2. The molecule has 3 aromatic rings. The third kappa shape index (κ3) is 8.25. The number of H-pyrrole nitrogens is 1. The molecular formula is C44H54ClN7O7S. The summed E-state index contributed by atoms with van der Waals surface area (Å²) in [6, 6.07) is 10.7. The van der Waals surface area contributed by atoms with Crippen molar-refractivity contribution in [2.45, 2.75) is 75.0 Å². The average molecular weight is 860 g/mol. The van der Waals surface area contributed by atoms with E-state index in [1.807, 2.05) is 24.4 Å². The summed E-state index contributed by atoms with van der Waals surface area (Å²) in [6.45, 7) is 11.2. The summed E-state index contributed by atoms with van der Waals surface area (Å²) in [5.74, 6) is 0.962. The van der Waals surface area contributed by atoms with Gasteiger partial charge >= 0.3 is 0 Å². The topological polar surface area (TPSA) is 171 Å². The van der Waals surface area contributed by atoms with Crippen LogP contribution in [0.3, 0.4) is 0 Å². The maximum atomic E-state index is 13.9. The highest BCUT2D eigenvalue weighted by molar-refractivity contribution is 7.90. The zero-order valence-electron chi connectivity index (χ0n) is 34.3. The van der Waals surface area contributed by atoms with Gasteiger partial charge in [-0.25, -0.2) is 13.1 Å². The number of aromatic amines is 1. The Kier molecular flexibility index (Phi) is 10.7. The number of hydrogen-bond acceptors (Lipinski definition) is 11. The van der Waals surface area contributed by atoms with Crippen LogP contribution in [0.25, 0.3) is 6.08 Å². The van der Waals surface area contributed by atoms with E-state index in [0.29, 0.717) is 42.9 Å². The summed E-state index contributed by atoms with van der Waals surface area (Å²) in [5.41, 5.74) is 5.53. The van der Waals surface area contributed by atoms with E-state index in [9.17, 15) is 23.3 Å². The monoisotopic (exact) mass is 859 g/mol. The molecule has 1 amide bonds. The first kappa shape index (κ1) is 40.8. The lowest BCUT2D eigenvalue weighted by Crippen LogP contribution is -2.65. The number of piperazine rings is 1. The molecule has 1 aromatic heterocycles. The second-order valence-electron chi connectivity index (χ2n) is 18.5. The third-order valence-electron chi connectivity index (χ3n) is 13.6. The van der Waals surface area contributed by atoms with Crippen LogP contribution in [0, 0.1) is 26.9 Å². The second kappa shape index (κ2) is 15.7. The molecule has 16 heteroatoms. The summed E-state index contributed by atoms with van der Waals surface area (Å²) < 4.78 is 41.3. The molecule has 0 radical (unpaired) electrons. The summed E-state index contributed by atoms with van der Waals surface area (Å²) in [6.07, 6.45) is 12.2. The molecule has 14 nitrogen and oxygen atoms in total. The number of nitrogens with zero attached hydrogens (tertiary/aromatic N) is 3. The molecule has 7 aliphatic rings. The van der Waals surface area contributed by atoms with Gasteiger partial charge in [-0.15, -0.1) is 11.6 Å². The van der Waals surface area contributed by atoms with Crippen LogP contribution in [0.4, 0.5) is 22.9 Å². The second-order valence-corrected chi connectivity index (χ2v) is 21.0. The fourth-order valence-corrected chi connectivity index (χ4v) is 11.9. The number of nitro groups is 1. The molecule has 60 heavy (non-hydrogen) atoms. The average Bonchev–Trinajstić information content (AvgIpc) is 3.68. The highest BCUT2D eigenvalue weighted by Crippen LogP contribution is 2.75. The first-order valence-corrected chi connectivity index (χ1v) is 23.0. The largest absolute Gasteiger partial charge is 0.459 e. The van der Waals surface area contributed by atoms with E-state index >= 15 is 0 Å². The van der Waals surface area contributed by atoms with Crippen molar-refractivity contribution in [1.82, 2.24) is 14.6 Å². The SMILES string of the molecule is CC1(C)CCC(CN2CCN(c3ccc(C(=O)NS(=O)(=O)c4ccc(NCC5CCOCC5)c([N+](=O)[O-])c4)c(OC4=Cc5cc[nH]c5NC4)c3)CC2)=C(C23CC(Cl)(C2)C3)C1. The Bertz CT molecular complexity index is 2340. The number of nitrogens with one attached hydrogen (secondary N) is 4. The summed E-state index contributed by atoms with van der Waals surface area (Å²) in [5, 5.41) is 18.5. The zero-order valence-corrected chi connectivity index (χ0v) is 35.9. The molecule has 4 aliphatic carbocycles. The van der Waals surface area contributed by atoms with Gasteiger partial charge in [0.15, 0.2) is 0 Å². The number of fused-ring (bicyclic) bond motifs is 1. The lowest BCUT2D eigenvalue weighted by molar-refractivity contribution is -0.384. The summed E-state index contributed by atoms with van der Waals surface area (Å²) in [7, 11) is -4.53. The minimum Gasteiger partial charge on any atom is -0.459 e. The van der Waals surface area contributed by atoms with E-state index in [1.165, 1.54) is 18.6 Å². The minimum atomic E-state index is -4.53. The van der Waals surface area contributed by atoms with Crippen molar-refractivity contribution in [1.29, 1.82) is 0 Å². The number of halogens is 1. The number of nitro benzene ring substituents is 1. The number of amides is 1. The molecule has 4 heterocycles. The third-order valence-corrected chi connectivity index (χ3v) is 15.3. The Morgan fingerprint density at radius 1 is 1.07 bits per heavy atom. The lowest BCUT2D eigenvalue weighted by atomic mass is 9.39. The van der Waals surface area contributed by atoms with Crippen molar-refractivity contribution < 1.29 is 27.6 Å². The fourth-order valence-electron chi connectivity index (χ4n) is 10.1. The number of ether oxygens (including phenoxy) is 2. The van der Waals surface area contributed by atoms with E-state index in [1.54, 1.807) is 23.3 Å². The predicted molar refractivity (Wildman–Crippen MR) is 232 cm³/mol.